The smallest absolute Gasteiger partial charge is 0.425 e. The molecule has 0 radical (unpaired) electrons. The Labute approximate surface area is 77.6 Å². The minimum absolute atomic E-state index is 0.484. The van der Waals surface area contributed by atoms with E-state index in [9.17, 15) is 10.0 Å². The van der Waals surface area contributed by atoms with Crippen LogP contribution in [0.15, 0.2) is 24.3 Å². The van der Waals surface area contributed by atoms with Crippen molar-refractivity contribution in [3.05, 3.63) is 24.3 Å². The molecule has 2 N–H and O–H groups in total. The molecule has 0 aromatic heterocycles. The third kappa shape index (κ3) is 1.69. The van der Waals surface area contributed by atoms with E-state index in [-0.39, 0.29) is 0 Å². The molecule has 0 aliphatic heterocycles. The number of methoxy groups -OCH3 is 2. The molecule has 1 aliphatic rings. The van der Waals surface area contributed by atoms with Crippen LogP contribution in [-0.2, 0) is 9.47 Å². The van der Waals surface area contributed by atoms with Gasteiger partial charge in [0.25, 0.3) is 0 Å². The SMILES string of the molecule is COC1C=CC=CC1(OC)B(O)O. The molecule has 0 saturated heterocycles. The highest BCUT2D eigenvalue weighted by Crippen LogP contribution is 2.25. The summed E-state index contributed by atoms with van der Waals surface area (Å²) in [4.78, 5) is 0. The Kier molecular flexibility index (Phi) is 3.27. The Morgan fingerprint density at radius 3 is 2.38 bits per heavy atom. The van der Waals surface area contributed by atoms with E-state index in [1.165, 1.54) is 14.2 Å². The van der Waals surface area contributed by atoms with Crippen molar-refractivity contribution in [3.63, 3.8) is 0 Å². The van der Waals surface area contributed by atoms with E-state index >= 15 is 0 Å². The summed E-state index contributed by atoms with van der Waals surface area (Å²) in [7, 11) is 1.29. The van der Waals surface area contributed by atoms with Gasteiger partial charge in [-0.2, -0.15) is 0 Å². The maximum Gasteiger partial charge on any atom is 0.493 e. The summed E-state index contributed by atoms with van der Waals surface area (Å²) < 4.78 is 10.2. The van der Waals surface area contributed by atoms with Crippen molar-refractivity contribution in [1.82, 2.24) is 0 Å². The number of hydrogen-bond donors (Lipinski definition) is 2. The lowest BCUT2D eigenvalue weighted by Gasteiger charge is -2.35. The van der Waals surface area contributed by atoms with Crippen LogP contribution in [0.3, 0.4) is 0 Å². The van der Waals surface area contributed by atoms with Crippen LogP contribution in [-0.4, -0.2) is 43.0 Å². The van der Waals surface area contributed by atoms with Gasteiger partial charge in [0.15, 0.2) is 5.50 Å². The minimum Gasteiger partial charge on any atom is -0.425 e. The second-order valence-electron chi connectivity index (χ2n) is 2.83. The van der Waals surface area contributed by atoms with Gasteiger partial charge in [0.2, 0.25) is 0 Å². The van der Waals surface area contributed by atoms with Crippen LogP contribution in [0.5, 0.6) is 0 Å². The zero-order valence-corrected chi connectivity index (χ0v) is 7.68. The van der Waals surface area contributed by atoms with E-state index in [4.69, 9.17) is 9.47 Å². The van der Waals surface area contributed by atoms with Gasteiger partial charge in [-0.1, -0.05) is 24.3 Å². The van der Waals surface area contributed by atoms with Gasteiger partial charge in [-0.05, 0) is 0 Å². The predicted octanol–water partition coefficient (Wildman–Crippen LogP) is -0.475. The third-order valence-electron chi connectivity index (χ3n) is 2.21. The Balaban J connectivity index is 2.95. The Morgan fingerprint density at radius 2 is 2.00 bits per heavy atom. The molecule has 0 heterocycles. The lowest BCUT2D eigenvalue weighted by molar-refractivity contribution is -0.0343. The van der Waals surface area contributed by atoms with Gasteiger partial charge >= 0.3 is 7.12 Å². The summed E-state index contributed by atoms with van der Waals surface area (Å²) in [5.74, 6) is 0. The van der Waals surface area contributed by atoms with Gasteiger partial charge in [-0.15, -0.1) is 0 Å². The molecule has 0 saturated carbocycles. The van der Waals surface area contributed by atoms with Crippen LogP contribution in [0.4, 0.5) is 0 Å². The number of hydrogen-bond acceptors (Lipinski definition) is 4. The summed E-state index contributed by atoms with van der Waals surface area (Å²) in [5.41, 5.74) is -1.19. The zero-order valence-electron chi connectivity index (χ0n) is 7.68. The second-order valence-corrected chi connectivity index (χ2v) is 2.83. The van der Waals surface area contributed by atoms with Crippen LogP contribution in [0.1, 0.15) is 0 Å². The maximum atomic E-state index is 9.19. The molecule has 0 bridgehead atoms. The van der Waals surface area contributed by atoms with Crippen LogP contribution >= 0.6 is 0 Å². The fourth-order valence-electron chi connectivity index (χ4n) is 1.40. The van der Waals surface area contributed by atoms with Crippen molar-refractivity contribution in [3.8, 4) is 0 Å². The first-order valence-corrected chi connectivity index (χ1v) is 3.97. The van der Waals surface area contributed by atoms with Crippen LogP contribution < -0.4 is 0 Å². The summed E-state index contributed by atoms with van der Waals surface area (Å²) in [6.07, 6.45) is 6.27. The number of rotatable bonds is 3. The molecule has 0 amide bonds. The summed E-state index contributed by atoms with van der Waals surface area (Å²) in [5, 5.41) is 18.4. The molecule has 2 unspecified atom stereocenters. The molecule has 2 atom stereocenters. The molecule has 4 nitrogen and oxygen atoms in total. The first-order chi connectivity index (χ1) is 6.17. The molecule has 0 fully saturated rings. The minimum atomic E-state index is -1.61. The van der Waals surface area contributed by atoms with E-state index in [2.05, 4.69) is 0 Å². The Hall–Kier alpha value is -0.615. The van der Waals surface area contributed by atoms with E-state index in [1.54, 1.807) is 24.3 Å². The van der Waals surface area contributed by atoms with Crippen LogP contribution in [0.2, 0.25) is 0 Å². The predicted molar refractivity (Wildman–Crippen MR) is 49.0 cm³/mol. The maximum absolute atomic E-state index is 9.19. The lowest BCUT2D eigenvalue weighted by Crippen LogP contribution is -2.56. The largest absolute Gasteiger partial charge is 0.493 e. The Morgan fingerprint density at radius 1 is 1.31 bits per heavy atom. The van der Waals surface area contributed by atoms with Crippen molar-refractivity contribution in [2.24, 2.45) is 0 Å². The van der Waals surface area contributed by atoms with Gasteiger partial charge in [0, 0.05) is 14.2 Å². The van der Waals surface area contributed by atoms with Gasteiger partial charge in [0.1, 0.15) is 6.10 Å². The molecule has 13 heavy (non-hydrogen) atoms. The second kappa shape index (κ2) is 4.06. The monoisotopic (exact) mass is 184 g/mol. The summed E-state index contributed by atoms with van der Waals surface area (Å²) in [6, 6.07) is 0. The average Bonchev–Trinajstić information content (AvgIpc) is 2.17. The normalized spacial score (nSPS) is 32.2. The van der Waals surface area contributed by atoms with E-state index < -0.39 is 18.7 Å². The fourth-order valence-corrected chi connectivity index (χ4v) is 1.40. The molecule has 0 aromatic carbocycles. The average molecular weight is 184 g/mol. The standard InChI is InChI=1S/C8H13BO4/c1-12-7-5-3-4-6-8(7,13-2)9(10)11/h3-7,10-11H,1-2H3. The molecule has 1 aliphatic carbocycles. The number of ether oxygens (including phenoxy) is 2. The van der Waals surface area contributed by atoms with Crippen molar-refractivity contribution in [2.45, 2.75) is 11.6 Å². The van der Waals surface area contributed by atoms with E-state index in [0.717, 1.165) is 0 Å². The number of allylic oxidation sites excluding steroid dienone is 2. The summed E-state index contributed by atoms with van der Waals surface area (Å²) in [6.45, 7) is 0. The first-order valence-electron chi connectivity index (χ1n) is 3.97. The zero-order chi connectivity index (χ0) is 9.90. The molecule has 1 rings (SSSR count). The highest BCUT2D eigenvalue weighted by atomic mass is 16.6. The van der Waals surface area contributed by atoms with Gasteiger partial charge in [-0.3, -0.25) is 0 Å². The van der Waals surface area contributed by atoms with Gasteiger partial charge < -0.3 is 19.5 Å². The van der Waals surface area contributed by atoms with Crippen molar-refractivity contribution < 1.29 is 19.5 Å². The Bertz CT molecular complexity index is 226. The van der Waals surface area contributed by atoms with Crippen LogP contribution in [0, 0.1) is 0 Å². The highest BCUT2D eigenvalue weighted by Gasteiger charge is 2.47. The first kappa shape index (κ1) is 10.5. The van der Waals surface area contributed by atoms with Crippen molar-refractivity contribution >= 4 is 7.12 Å². The van der Waals surface area contributed by atoms with E-state index in [1.807, 2.05) is 0 Å². The third-order valence-corrected chi connectivity index (χ3v) is 2.21. The van der Waals surface area contributed by atoms with Crippen molar-refractivity contribution in [2.75, 3.05) is 14.2 Å². The van der Waals surface area contributed by atoms with E-state index in [0.29, 0.717) is 0 Å². The highest BCUT2D eigenvalue weighted by molar-refractivity contribution is 6.46. The molecular formula is C8H13BO4. The summed E-state index contributed by atoms with van der Waals surface area (Å²) >= 11 is 0. The molecule has 72 valence electrons. The lowest BCUT2D eigenvalue weighted by atomic mass is 9.63. The van der Waals surface area contributed by atoms with Gasteiger partial charge in [0.05, 0.1) is 0 Å². The molecule has 0 spiro atoms. The molecule has 0 aromatic rings. The quantitative estimate of drug-likeness (QED) is 0.582. The molecule has 5 heteroatoms. The van der Waals surface area contributed by atoms with Crippen molar-refractivity contribution in [1.29, 1.82) is 0 Å². The molecular weight excluding hydrogens is 171 g/mol. The van der Waals surface area contributed by atoms with Crippen LogP contribution in [0.25, 0.3) is 0 Å². The fraction of sp³-hybridized carbons (Fsp3) is 0.500. The topological polar surface area (TPSA) is 58.9 Å². The van der Waals surface area contributed by atoms with Gasteiger partial charge in [-0.25, -0.2) is 0 Å².